The molecule has 0 aromatic carbocycles. The summed E-state index contributed by atoms with van der Waals surface area (Å²) in [7, 11) is 0. The van der Waals surface area contributed by atoms with E-state index in [9.17, 15) is 0 Å². The van der Waals surface area contributed by atoms with Crippen LogP contribution in [-0.4, -0.2) is 56.3 Å². The molecule has 2 aliphatic rings. The summed E-state index contributed by atoms with van der Waals surface area (Å²) in [6, 6.07) is 5.46. The van der Waals surface area contributed by atoms with Gasteiger partial charge in [-0.1, -0.05) is 13.8 Å². The number of ether oxygens (including phenoxy) is 1. The first-order valence-corrected chi connectivity index (χ1v) is 11.8. The maximum Gasteiger partial charge on any atom is 0.228 e. The highest BCUT2D eigenvalue weighted by molar-refractivity contribution is 5.61. The van der Waals surface area contributed by atoms with Gasteiger partial charge < -0.3 is 15.4 Å². The van der Waals surface area contributed by atoms with E-state index in [1.54, 1.807) is 0 Å². The molecule has 1 fully saturated rings. The molecule has 0 spiro atoms. The molecule has 4 rings (SSSR count). The Morgan fingerprint density at radius 3 is 2.69 bits per heavy atom. The maximum absolute atomic E-state index is 9.06. The number of hydrogen-bond donors (Lipinski definition) is 3. The number of piperidine rings is 1. The van der Waals surface area contributed by atoms with Crippen LogP contribution in [0.3, 0.4) is 0 Å². The first-order valence-electron chi connectivity index (χ1n) is 11.8. The summed E-state index contributed by atoms with van der Waals surface area (Å²) >= 11 is 0. The monoisotopic (exact) mass is 438 g/mol. The van der Waals surface area contributed by atoms with Crippen LogP contribution in [0.15, 0.2) is 6.07 Å². The van der Waals surface area contributed by atoms with Crippen molar-refractivity contribution in [2.45, 2.75) is 83.8 Å². The molecule has 0 saturated carbocycles. The number of aryl methyl sites for hydroxylation is 1. The maximum atomic E-state index is 9.06. The van der Waals surface area contributed by atoms with Gasteiger partial charge in [0.15, 0.2) is 5.82 Å². The number of rotatable bonds is 8. The Morgan fingerprint density at radius 1 is 1.25 bits per heavy atom. The van der Waals surface area contributed by atoms with Gasteiger partial charge in [-0.25, -0.2) is 0 Å². The average molecular weight is 439 g/mol. The quantitative estimate of drug-likeness (QED) is 0.568. The predicted molar refractivity (Wildman–Crippen MR) is 124 cm³/mol. The summed E-state index contributed by atoms with van der Waals surface area (Å²) in [6.07, 6.45) is 6.59. The van der Waals surface area contributed by atoms with Gasteiger partial charge in [0.2, 0.25) is 11.8 Å². The normalized spacial score (nSPS) is 23.1. The van der Waals surface area contributed by atoms with E-state index >= 15 is 0 Å². The van der Waals surface area contributed by atoms with Crippen molar-refractivity contribution in [1.82, 2.24) is 25.1 Å². The van der Waals surface area contributed by atoms with Gasteiger partial charge in [0.05, 0.1) is 18.2 Å². The summed E-state index contributed by atoms with van der Waals surface area (Å²) in [6.45, 7) is 7.96. The van der Waals surface area contributed by atoms with Crippen molar-refractivity contribution >= 4 is 17.6 Å². The molecule has 0 bridgehead atoms. The molecule has 2 aromatic rings. The van der Waals surface area contributed by atoms with Crippen LogP contribution in [0, 0.1) is 18.3 Å². The summed E-state index contributed by atoms with van der Waals surface area (Å²) in [5.74, 6) is 2.76. The summed E-state index contributed by atoms with van der Waals surface area (Å²) in [5, 5.41) is 23.3. The van der Waals surface area contributed by atoms with Crippen LogP contribution >= 0.6 is 0 Å². The Kier molecular flexibility index (Phi) is 7.10. The third-order valence-corrected chi connectivity index (χ3v) is 6.54. The van der Waals surface area contributed by atoms with Crippen molar-refractivity contribution in [2.24, 2.45) is 0 Å². The highest BCUT2D eigenvalue weighted by Gasteiger charge is 2.34. The molecule has 9 heteroatoms. The molecule has 2 aliphatic heterocycles. The van der Waals surface area contributed by atoms with Gasteiger partial charge in [0, 0.05) is 42.9 Å². The molecule has 32 heavy (non-hydrogen) atoms. The number of nitriles is 1. The van der Waals surface area contributed by atoms with E-state index in [2.05, 4.69) is 45.6 Å². The number of fused-ring (bicyclic) bond motifs is 1. The standard InChI is InChI=1S/C23H34N8O/c1-4-17-13-16(14-18(5-2)31(17)10-7-9-24)25-23-27-21(26-20-12-15(3)29-30-20)19-8-6-11-32-22(19)28-23/h12,16-18H,4-8,10-11,13-14H2,1-3H3,(H3,25,26,27,28,29,30). The summed E-state index contributed by atoms with van der Waals surface area (Å²) in [5.41, 5.74) is 2.00. The molecule has 1 saturated heterocycles. The van der Waals surface area contributed by atoms with Crippen molar-refractivity contribution < 1.29 is 4.74 Å². The van der Waals surface area contributed by atoms with E-state index < -0.39 is 0 Å². The third-order valence-electron chi connectivity index (χ3n) is 6.54. The van der Waals surface area contributed by atoms with Crippen LogP contribution in [-0.2, 0) is 6.42 Å². The summed E-state index contributed by atoms with van der Waals surface area (Å²) < 4.78 is 5.88. The van der Waals surface area contributed by atoms with Gasteiger partial charge >= 0.3 is 0 Å². The van der Waals surface area contributed by atoms with Gasteiger partial charge in [0.1, 0.15) is 5.82 Å². The highest BCUT2D eigenvalue weighted by Crippen LogP contribution is 2.33. The van der Waals surface area contributed by atoms with Crippen LogP contribution < -0.4 is 15.4 Å². The van der Waals surface area contributed by atoms with E-state index in [0.717, 1.165) is 68.0 Å². The zero-order valence-electron chi connectivity index (χ0n) is 19.3. The Balaban J connectivity index is 1.54. The number of hydrogen-bond acceptors (Lipinski definition) is 8. The van der Waals surface area contributed by atoms with E-state index in [1.807, 2.05) is 13.0 Å². The molecule has 9 nitrogen and oxygen atoms in total. The predicted octanol–water partition coefficient (Wildman–Crippen LogP) is 3.92. The van der Waals surface area contributed by atoms with Crippen molar-refractivity contribution in [2.75, 3.05) is 23.8 Å². The Labute approximate surface area is 190 Å². The minimum absolute atomic E-state index is 0.283. The van der Waals surface area contributed by atoms with E-state index in [-0.39, 0.29) is 6.04 Å². The van der Waals surface area contributed by atoms with E-state index in [4.69, 9.17) is 20.0 Å². The highest BCUT2D eigenvalue weighted by atomic mass is 16.5. The largest absolute Gasteiger partial charge is 0.477 e. The second kappa shape index (κ2) is 10.2. The number of anilines is 3. The second-order valence-corrected chi connectivity index (χ2v) is 8.78. The number of aromatic amines is 1. The molecule has 0 amide bonds. The molecule has 2 aromatic heterocycles. The zero-order valence-corrected chi connectivity index (χ0v) is 19.3. The van der Waals surface area contributed by atoms with Gasteiger partial charge in [-0.2, -0.15) is 20.3 Å². The van der Waals surface area contributed by atoms with Crippen LogP contribution in [0.2, 0.25) is 0 Å². The number of likely N-dealkylation sites (tertiary alicyclic amines) is 1. The molecular formula is C23H34N8O. The smallest absolute Gasteiger partial charge is 0.228 e. The van der Waals surface area contributed by atoms with Crippen molar-refractivity contribution in [3.8, 4) is 11.9 Å². The minimum atomic E-state index is 0.283. The van der Waals surface area contributed by atoms with Gasteiger partial charge in [-0.3, -0.25) is 10.00 Å². The number of nitrogens with one attached hydrogen (secondary N) is 3. The molecule has 172 valence electrons. The summed E-state index contributed by atoms with van der Waals surface area (Å²) in [4.78, 5) is 12.1. The number of H-pyrrole nitrogens is 1. The molecule has 4 heterocycles. The molecular weight excluding hydrogens is 404 g/mol. The lowest BCUT2D eigenvalue weighted by atomic mass is 9.88. The second-order valence-electron chi connectivity index (χ2n) is 8.78. The lowest BCUT2D eigenvalue weighted by Crippen LogP contribution is -2.52. The minimum Gasteiger partial charge on any atom is -0.477 e. The fourth-order valence-corrected chi connectivity index (χ4v) is 4.97. The van der Waals surface area contributed by atoms with Gasteiger partial charge in [-0.15, -0.1) is 0 Å². The Hall–Kier alpha value is -2.86. The first-order chi connectivity index (χ1) is 15.6. The molecule has 0 aliphatic carbocycles. The van der Waals surface area contributed by atoms with E-state index in [0.29, 0.717) is 36.9 Å². The zero-order chi connectivity index (χ0) is 22.5. The van der Waals surface area contributed by atoms with Gasteiger partial charge in [0.25, 0.3) is 0 Å². The fourth-order valence-electron chi connectivity index (χ4n) is 4.97. The Bertz CT molecular complexity index is 938. The van der Waals surface area contributed by atoms with Crippen LogP contribution in [0.4, 0.5) is 17.6 Å². The van der Waals surface area contributed by atoms with Gasteiger partial charge in [-0.05, 0) is 45.4 Å². The Morgan fingerprint density at radius 2 is 2.03 bits per heavy atom. The van der Waals surface area contributed by atoms with Crippen molar-refractivity contribution in [1.29, 1.82) is 5.26 Å². The van der Waals surface area contributed by atoms with Crippen LogP contribution in [0.1, 0.15) is 63.6 Å². The van der Waals surface area contributed by atoms with Crippen LogP contribution in [0.25, 0.3) is 0 Å². The molecule has 3 N–H and O–H groups in total. The van der Waals surface area contributed by atoms with Crippen molar-refractivity contribution in [3.63, 3.8) is 0 Å². The van der Waals surface area contributed by atoms with Crippen LogP contribution in [0.5, 0.6) is 5.88 Å². The topological polar surface area (TPSA) is 115 Å². The molecule has 0 radical (unpaired) electrons. The third kappa shape index (κ3) is 4.96. The fraction of sp³-hybridized carbons (Fsp3) is 0.652. The lowest BCUT2D eigenvalue weighted by molar-refractivity contribution is 0.0734. The molecule has 2 atom stereocenters. The first kappa shape index (κ1) is 22.3. The van der Waals surface area contributed by atoms with E-state index in [1.165, 1.54) is 0 Å². The average Bonchev–Trinajstić information content (AvgIpc) is 3.22. The number of aromatic nitrogens is 4. The SMILES string of the molecule is CCC1CC(Nc2nc(Nc3cc(C)[nH]n3)c3c(n2)OCCC3)CC(CC)N1CCC#N. The molecule has 2 unspecified atom stereocenters. The van der Waals surface area contributed by atoms with Crippen molar-refractivity contribution in [3.05, 3.63) is 17.3 Å². The lowest BCUT2D eigenvalue weighted by Gasteiger charge is -2.45. The number of nitrogens with zero attached hydrogens (tertiary/aromatic N) is 5.